The molecule has 5 heteroatoms. The highest BCUT2D eigenvalue weighted by atomic mass is 35.5. The number of ether oxygens (including phenoxy) is 1. The number of hydrogen-bond donors (Lipinski definition) is 2. The number of carbonyl (C=O) groups is 1. The summed E-state index contributed by atoms with van der Waals surface area (Å²) in [7, 11) is 0. The Kier molecular flexibility index (Phi) is 7.17. The van der Waals surface area contributed by atoms with Crippen molar-refractivity contribution in [3.05, 3.63) is 34.9 Å². The Morgan fingerprint density at radius 3 is 2.36 bits per heavy atom. The maximum atomic E-state index is 11.7. The first-order valence-electron chi connectivity index (χ1n) is 7.69. The number of hydrogen-bond acceptors (Lipinski definition) is 3. The molecule has 0 aliphatic rings. The minimum absolute atomic E-state index is 0.0174. The Balaban J connectivity index is 2.45. The second kappa shape index (κ2) is 8.39. The molecule has 22 heavy (non-hydrogen) atoms. The van der Waals surface area contributed by atoms with E-state index in [2.05, 4.69) is 17.6 Å². The first kappa shape index (κ1) is 18.8. The van der Waals surface area contributed by atoms with Crippen molar-refractivity contribution in [2.75, 3.05) is 6.54 Å². The van der Waals surface area contributed by atoms with E-state index < -0.39 is 5.60 Å². The highest BCUT2D eigenvalue weighted by Gasteiger charge is 2.18. The molecule has 1 amide bonds. The molecule has 0 saturated heterocycles. The van der Waals surface area contributed by atoms with Crippen molar-refractivity contribution in [2.24, 2.45) is 0 Å². The van der Waals surface area contributed by atoms with Crippen molar-refractivity contribution in [1.82, 2.24) is 10.6 Å². The van der Waals surface area contributed by atoms with E-state index >= 15 is 0 Å². The molecule has 1 rings (SSSR count). The maximum Gasteiger partial charge on any atom is 0.407 e. The van der Waals surface area contributed by atoms with Gasteiger partial charge in [0.05, 0.1) is 0 Å². The van der Waals surface area contributed by atoms with Crippen molar-refractivity contribution in [2.45, 2.75) is 58.7 Å². The van der Waals surface area contributed by atoms with Crippen LogP contribution in [-0.4, -0.2) is 24.3 Å². The molecule has 0 saturated carbocycles. The van der Waals surface area contributed by atoms with E-state index in [0.29, 0.717) is 6.54 Å². The van der Waals surface area contributed by atoms with Gasteiger partial charge in [-0.15, -0.1) is 0 Å². The molecule has 0 spiro atoms. The lowest BCUT2D eigenvalue weighted by Gasteiger charge is -2.24. The van der Waals surface area contributed by atoms with Crippen LogP contribution in [-0.2, 0) is 4.74 Å². The van der Waals surface area contributed by atoms with Crippen molar-refractivity contribution < 1.29 is 9.53 Å². The lowest BCUT2D eigenvalue weighted by Crippen LogP contribution is -2.43. The predicted molar refractivity (Wildman–Crippen MR) is 91.3 cm³/mol. The van der Waals surface area contributed by atoms with Crippen LogP contribution in [0, 0.1) is 0 Å². The normalized spacial score (nSPS) is 14.3. The van der Waals surface area contributed by atoms with Gasteiger partial charge in [-0.3, -0.25) is 0 Å². The van der Waals surface area contributed by atoms with Gasteiger partial charge < -0.3 is 15.4 Å². The van der Waals surface area contributed by atoms with E-state index in [0.717, 1.165) is 11.4 Å². The first-order valence-corrected chi connectivity index (χ1v) is 8.07. The smallest absolute Gasteiger partial charge is 0.407 e. The molecule has 2 N–H and O–H groups in total. The van der Waals surface area contributed by atoms with Gasteiger partial charge in [0.1, 0.15) is 5.60 Å². The molecule has 0 bridgehead atoms. The van der Waals surface area contributed by atoms with Crippen LogP contribution >= 0.6 is 11.6 Å². The molecule has 0 aliphatic carbocycles. The quantitative estimate of drug-likeness (QED) is 0.819. The second-order valence-corrected chi connectivity index (χ2v) is 6.90. The summed E-state index contributed by atoms with van der Waals surface area (Å²) < 4.78 is 5.25. The molecule has 124 valence electrons. The molecule has 0 aromatic heterocycles. The fraction of sp³-hybridized carbons (Fsp3) is 0.588. The zero-order valence-electron chi connectivity index (χ0n) is 14.1. The Morgan fingerprint density at radius 2 is 1.86 bits per heavy atom. The molecule has 0 fully saturated rings. The molecule has 0 aliphatic heterocycles. The summed E-state index contributed by atoms with van der Waals surface area (Å²) in [6.45, 7) is 10.3. The summed E-state index contributed by atoms with van der Waals surface area (Å²) in [6.07, 6.45) is 0.571. The van der Waals surface area contributed by atoms with Crippen molar-refractivity contribution >= 4 is 17.7 Å². The maximum absolute atomic E-state index is 11.7. The fourth-order valence-corrected chi connectivity index (χ4v) is 2.20. The Hall–Kier alpha value is -1.26. The Morgan fingerprint density at radius 1 is 1.27 bits per heavy atom. The standard InChI is InChI=1S/C17H27ClN2O2/c1-6-15(13-7-9-14(18)10-8-13)19-11-12(2)20-16(21)22-17(3,4)5/h7-10,12,15,19H,6,11H2,1-5H3,(H,20,21). The first-order chi connectivity index (χ1) is 10.2. The van der Waals surface area contributed by atoms with E-state index in [1.165, 1.54) is 5.56 Å². The van der Waals surface area contributed by atoms with Crippen LogP contribution < -0.4 is 10.6 Å². The molecule has 2 atom stereocenters. The van der Waals surface area contributed by atoms with Crippen LogP contribution in [0.25, 0.3) is 0 Å². The number of alkyl carbamates (subject to hydrolysis) is 1. The second-order valence-electron chi connectivity index (χ2n) is 6.47. The minimum Gasteiger partial charge on any atom is -0.444 e. The predicted octanol–water partition coefficient (Wildman–Crippen LogP) is 4.29. The third kappa shape index (κ3) is 7.14. The number of benzene rings is 1. The topological polar surface area (TPSA) is 50.4 Å². The molecule has 1 aromatic carbocycles. The lowest BCUT2D eigenvalue weighted by atomic mass is 10.0. The Labute approximate surface area is 138 Å². The van der Waals surface area contributed by atoms with Gasteiger partial charge >= 0.3 is 6.09 Å². The number of halogens is 1. The monoisotopic (exact) mass is 326 g/mol. The molecule has 1 aromatic rings. The van der Waals surface area contributed by atoms with Gasteiger partial charge in [-0.25, -0.2) is 4.79 Å². The van der Waals surface area contributed by atoms with E-state index in [-0.39, 0.29) is 18.2 Å². The van der Waals surface area contributed by atoms with Crippen LogP contribution in [0.4, 0.5) is 4.79 Å². The fourth-order valence-electron chi connectivity index (χ4n) is 2.07. The summed E-state index contributed by atoms with van der Waals surface area (Å²) in [6, 6.07) is 8.05. The molecule has 2 unspecified atom stereocenters. The zero-order chi connectivity index (χ0) is 16.8. The third-order valence-corrected chi connectivity index (χ3v) is 3.37. The summed E-state index contributed by atoms with van der Waals surface area (Å²) in [5, 5.41) is 7.03. The minimum atomic E-state index is -0.480. The molecule has 4 nitrogen and oxygen atoms in total. The van der Waals surface area contributed by atoms with Crippen LogP contribution in [0.2, 0.25) is 5.02 Å². The van der Waals surface area contributed by atoms with Crippen LogP contribution in [0.5, 0.6) is 0 Å². The van der Waals surface area contributed by atoms with Gasteiger partial charge in [-0.1, -0.05) is 30.7 Å². The average molecular weight is 327 g/mol. The molecular formula is C17H27ClN2O2. The summed E-state index contributed by atoms with van der Waals surface area (Å²) in [5.74, 6) is 0. The van der Waals surface area contributed by atoms with Crippen molar-refractivity contribution in [3.63, 3.8) is 0 Å². The molecule has 0 radical (unpaired) electrons. The van der Waals surface area contributed by atoms with E-state index in [1.54, 1.807) is 0 Å². The summed E-state index contributed by atoms with van der Waals surface area (Å²) in [4.78, 5) is 11.7. The van der Waals surface area contributed by atoms with E-state index in [4.69, 9.17) is 16.3 Å². The highest BCUT2D eigenvalue weighted by molar-refractivity contribution is 6.30. The van der Waals surface area contributed by atoms with Gasteiger partial charge in [-0.2, -0.15) is 0 Å². The number of amides is 1. The van der Waals surface area contributed by atoms with Gasteiger partial charge in [-0.05, 0) is 51.8 Å². The largest absolute Gasteiger partial charge is 0.444 e. The van der Waals surface area contributed by atoms with Gasteiger partial charge in [0.25, 0.3) is 0 Å². The van der Waals surface area contributed by atoms with Crippen molar-refractivity contribution in [3.8, 4) is 0 Å². The van der Waals surface area contributed by atoms with Crippen LogP contribution in [0.15, 0.2) is 24.3 Å². The van der Waals surface area contributed by atoms with Gasteiger partial charge in [0.2, 0.25) is 0 Å². The SMILES string of the molecule is CCC(NCC(C)NC(=O)OC(C)(C)C)c1ccc(Cl)cc1. The summed E-state index contributed by atoms with van der Waals surface area (Å²) in [5.41, 5.74) is 0.711. The molecule has 0 heterocycles. The zero-order valence-corrected chi connectivity index (χ0v) is 14.8. The highest BCUT2D eigenvalue weighted by Crippen LogP contribution is 2.19. The lowest BCUT2D eigenvalue weighted by molar-refractivity contribution is 0.0507. The van der Waals surface area contributed by atoms with Gasteiger partial charge in [0.15, 0.2) is 0 Å². The average Bonchev–Trinajstić information content (AvgIpc) is 2.39. The van der Waals surface area contributed by atoms with E-state index in [9.17, 15) is 4.79 Å². The Bertz CT molecular complexity index is 469. The van der Waals surface area contributed by atoms with Crippen LogP contribution in [0.3, 0.4) is 0 Å². The number of rotatable bonds is 6. The summed E-state index contributed by atoms with van der Waals surface area (Å²) >= 11 is 5.92. The number of nitrogens with one attached hydrogen (secondary N) is 2. The van der Waals surface area contributed by atoms with Crippen molar-refractivity contribution in [1.29, 1.82) is 0 Å². The number of carbonyl (C=O) groups excluding carboxylic acids is 1. The molecular weight excluding hydrogens is 300 g/mol. The van der Waals surface area contributed by atoms with E-state index in [1.807, 2.05) is 52.0 Å². The third-order valence-electron chi connectivity index (χ3n) is 3.11. The van der Waals surface area contributed by atoms with Crippen LogP contribution in [0.1, 0.15) is 52.6 Å². The van der Waals surface area contributed by atoms with Gasteiger partial charge in [0, 0.05) is 23.7 Å².